The molecule has 128 valence electrons. The summed E-state index contributed by atoms with van der Waals surface area (Å²) in [5.74, 6) is 0. The molecule has 3 rings (SSSR count). The fourth-order valence-corrected chi connectivity index (χ4v) is 4.51. The molecule has 1 aromatic rings. The van der Waals surface area contributed by atoms with E-state index in [1.165, 1.54) is 29.8 Å². The van der Waals surface area contributed by atoms with Crippen molar-refractivity contribution in [1.29, 1.82) is 0 Å². The van der Waals surface area contributed by atoms with Gasteiger partial charge in [0.05, 0.1) is 5.69 Å². The van der Waals surface area contributed by atoms with Gasteiger partial charge in [-0.1, -0.05) is 20.3 Å². The van der Waals surface area contributed by atoms with E-state index in [1.54, 1.807) is 11.3 Å². The Morgan fingerprint density at radius 1 is 1.22 bits per heavy atom. The minimum atomic E-state index is 0.0110. The minimum absolute atomic E-state index is 0.0110. The van der Waals surface area contributed by atoms with E-state index in [9.17, 15) is 4.79 Å². The number of nitrogens with zero attached hydrogens (tertiary/aromatic N) is 2. The van der Waals surface area contributed by atoms with Crippen LogP contribution in [0.15, 0.2) is 0 Å². The van der Waals surface area contributed by atoms with Crippen molar-refractivity contribution in [2.45, 2.75) is 70.9 Å². The number of carbonyl (C=O) groups is 1. The molecule has 0 spiro atoms. The van der Waals surface area contributed by atoms with Crippen molar-refractivity contribution in [3.05, 3.63) is 10.6 Å². The Morgan fingerprint density at radius 2 is 1.96 bits per heavy atom. The molecule has 0 radical (unpaired) electrons. The molecule has 1 aliphatic carbocycles. The number of hydrogen-bond acceptors (Lipinski definition) is 4. The number of aryl methyl sites for hydroxylation is 2. The molecule has 1 aliphatic heterocycles. The highest BCUT2D eigenvalue weighted by Crippen LogP contribution is 2.29. The van der Waals surface area contributed by atoms with Crippen LogP contribution in [0, 0.1) is 0 Å². The summed E-state index contributed by atoms with van der Waals surface area (Å²) in [7, 11) is 0. The number of thiazole rings is 1. The number of piperidine rings is 1. The van der Waals surface area contributed by atoms with E-state index in [2.05, 4.69) is 29.5 Å². The van der Waals surface area contributed by atoms with Crippen LogP contribution >= 0.6 is 11.3 Å². The Balaban J connectivity index is 1.52. The Hall–Kier alpha value is -1.14. The second-order valence-electron chi connectivity index (χ2n) is 6.96. The number of carbonyl (C=O) groups excluding carboxylic acids is 1. The average molecular weight is 337 g/mol. The fourth-order valence-electron chi connectivity index (χ4n) is 3.47. The maximum absolute atomic E-state index is 12.4. The van der Waals surface area contributed by atoms with Gasteiger partial charge in [0, 0.05) is 30.1 Å². The van der Waals surface area contributed by atoms with Crippen LogP contribution in [0.4, 0.5) is 9.93 Å². The van der Waals surface area contributed by atoms with Crippen molar-refractivity contribution in [1.82, 2.24) is 15.2 Å². The molecule has 5 nitrogen and oxygen atoms in total. The van der Waals surface area contributed by atoms with Crippen LogP contribution in [-0.4, -0.2) is 41.1 Å². The summed E-state index contributed by atoms with van der Waals surface area (Å²) in [6.45, 7) is 5.99. The van der Waals surface area contributed by atoms with E-state index in [1.807, 2.05) is 4.90 Å². The lowest BCUT2D eigenvalue weighted by atomic mass is 10.0. The van der Waals surface area contributed by atoms with Crippen molar-refractivity contribution in [2.75, 3.05) is 18.4 Å². The zero-order valence-electron chi connectivity index (χ0n) is 14.2. The van der Waals surface area contributed by atoms with Crippen LogP contribution in [0.5, 0.6) is 0 Å². The number of nitrogens with one attached hydrogen (secondary N) is 2. The van der Waals surface area contributed by atoms with Crippen molar-refractivity contribution >= 4 is 22.5 Å². The van der Waals surface area contributed by atoms with Gasteiger partial charge >= 0.3 is 6.03 Å². The Morgan fingerprint density at radius 3 is 2.70 bits per heavy atom. The number of aromatic nitrogens is 1. The third-order valence-electron chi connectivity index (χ3n) is 4.66. The molecule has 2 heterocycles. The van der Waals surface area contributed by atoms with Gasteiger partial charge in [0.2, 0.25) is 0 Å². The summed E-state index contributed by atoms with van der Waals surface area (Å²) in [6.07, 6.45) is 8.01. The maximum atomic E-state index is 12.4. The van der Waals surface area contributed by atoms with Crippen LogP contribution in [0.25, 0.3) is 0 Å². The van der Waals surface area contributed by atoms with E-state index >= 15 is 0 Å². The molecule has 1 saturated heterocycles. The first kappa shape index (κ1) is 16.7. The number of anilines is 1. The van der Waals surface area contributed by atoms with Gasteiger partial charge in [-0.3, -0.25) is 5.32 Å². The van der Waals surface area contributed by atoms with Gasteiger partial charge in [-0.2, -0.15) is 0 Å². The standard InChI is InChI=1S/C17H28N4OS/c1-12(2)18-13-8-10-21(11-9-13)17(22)20-16-19-14-6-4-3-5-7-15(14)23-16/h12-13,18H,3-11H2,1-2H3,(H,19,20,22). The van der Waals surface area contributed by atoms with E-state index in [0.29, 0.717) is 12.1 Å². The number of rotatable bonds is 3. The third kappa shape index (κ3) is 4.44. The summed E-state index contributed by atoms with van der Waals surface area (Å²) in [6, 6.07) is 1.05. The second kappa shape index (κ2) is 7.62. The molecule has 2 amide bonds. The smallest absolute Gasteiger partial charge is 0.323 e. The minimum Gasteiger partial charge on any atom is -0.324 e. The third-order valence-corrected chi connectivity index (χ3v) is 5.73. The first-order valence-corrected chi connectivity index (χ1v) is 9.74. The summed E-state index contributed by atoms with van der Waals surface area (Å²) in [5.41, 5.74) is 1.21. The van der Waals surface area contributed by atoms with Gasteiger partial charge in [0.1, 0.15) is 0 Å². The lowest BCUT2D eigenvalue weighted by Crippen LogP contribution is -2.47. The largest absolute Gasteiger partial charge is 0.324 e. The molecule has 0 aromatic carbocycles. The van der Waals surface area contributed by atoms with E-state index in [-0.39, 0.29) is 6.03 Å². The molecule has 0 saturated carbocycles. The van der Waals surface area contributed by atoms with E-state index in [0.717, 1.165) is 43.9 Å². The monoisotopic (exact) mass is 336 g/mol. The van der Waals surface area contributed by atoms with Crippen LogP contribution in [-0.2, 0) is 12.8 Å². The Kier molecular flexibility index (Phi) is 5.54. The molecule has 0 bridgehead atoms. The zero-order valence-corrected chi connectivity index (χ0v) is 15.0. The average Bonchev–Trinajstić information content (AvgIpc) is 2.76. The molecule has 1 aromatic heterocycles. The van der Waals surface area contributed by atoms with Gasteiger partial charge in [-0.15, -0.1) is 11.3 Å². The van der Waals surface area contributed by atoms with Gasteiger partial charge in [0.25, 0.3) is 0 Å². The van der Waals surface area contributed by atoms with Crippen molar-refractivity contribution in [3.63, 3.8) is 0 Å². The van der Waals surface area contributed by atoms with Crippen LogP contribution in [0.2, 0.25) is 0 Å². The predicted molar refractivity (Wildman–Crippen MR) is 95.3 cm³/mol. The zero-order chi connectivity index (χ0) is 16.2. The van der Waals surface area contributed by atoms with Gasteiger partial charge < -0.3 is 10.2 Å². The highest BCUT2D eigenvalue weighted by atomic mass is 32.1. The number of fused-ring (bicyclic) bond motifs is 1. The SMILES string of the molecule is CC(C)NC1CCN(C(=O)Nc2nc3c(s2)CCCCC3)CC1. The quantitative estimate of drug-likeness (QED) is 0.832. The van der Waals surface area contributed by atoms with Crippen molar-refractivity contribution < 1.29 is 4.79 Å². The van der Waals surface area contributed by atoms with Gasteiger partial charge in [-0.05, 0) is 38.5 Å². The molecule has 2 aliphatic rings. The molecule has 0 unspecified atom stereocenters. The molecule has 0 atom stereocenters. The first-order chi connectivity index (χ1) is 11.1. The topological polar surface area (TPSA) is 57.3 Å². The van der Waals surface area contributed by atoms with E-state index in [4.69, 9.17) is 0 Å². The molecular formula is C17H28N4OS. The van der Waals surface area contributed by atoms with Crippen LogP contribution in [0.1, 0.15) is 56.5 Å². The van der Waals surface area contributed by atoms with Crippen LogP contribution < -0.4 is 10.6 Å². The molecule has 6 heteroatoms. The van der Waals surface area contributed by atoms with E-state index < -0.39 is 0 Å². The second-order valence-corrected chi connectivity index (χ2v) is 8.05. The lowest BCUT2D eigenvalue weighted by molar-refractivity contribution is 0.187. The van der Waals surface area contributed by atoms with Crippen molar-refractivity contribution in [2.24, 2.45) is 0 Å². The molecule has 1 fully saturated rings. The number of urea groups is 1. The summed E-state index contributed by atoms with van der Waals surface area (Å²) in [4.78, 5) is 20.4. The normalized spacial score (nSPS) is 19.5. The molecule has 2 N–H and O–H groups in total. The predicted octanol–water partition coefficient (Wildman–Crippen LogP) is 3.41. The van der Waals surface area contributed by atoms with Crippen molar-refractivity contribution in [3.8, 4) is 0 Å². The first-order valence-electron chi connectivity index (χ1n) is 8.92. The number of hydrogen-bond donors (Lipinski definition) is 2. The highest BCUT2D eigenvalue weighted by Gasteiger charge is 2.24. The summed E-state index contributed by atoms with van der Waals surface area (Å²) >= 11 is 1.67. The Bertz CT molecular complexity index is 511. The molecule has 23 heavy (non-hydrogen) atoms. The Labute approximate surface area is 142 Å². The number of likely N-dealkylation sites (tertiary alicyclic amines) is 1. The maximum Gasteiger partial charge on any atom is 0.323 e. The summed E-state index contributed by atoms with van der Waals surface area (Å²) in [5, 5.41) is 7.36. The number of amides is 2. The van der Waals surface area contributed by atoms with Crippen LogP contribution in [0.3, 0.4) is 0 Å². The van der Waals surface area contributed by atoms with Gasteiger partial charge in [0.15, 0.2) is 5.13 Å². The van der Waals surface area contributed by atoms with Gasteiger partial charge in [-0.25, -0.2) is 9.78 Å². The fraction of sp³-hybridized carbons (Fsp3) is 0.765. The molecular weight excluding hydrogens is 308 g/mol. The summed E-state index contributed by atoms with van der Waals surface area (Å²) < 4.78 is 0. The lowest BCUT2D eigenvalue weighted by Gasteiger charge is -2.33. The highest BCUT2D eigenvalue weighted by molar-refractivity contribution is 7.15.